The second-order valence-corrected chi connectivity index (χ2v) is 4.34. The standard InChI is InChI=1S/C10H18FNO2/c11-7-10(4-2-1-3-5-10)6-8(12)9(13)14/h8H,1-7,12H2,(H,13,14). The molecule has 1 saturated carbocycles. The van der Waals surface area contributed by atoms with Crippen LogP contribution in [0.2, 0.25) is 0 Å². The molecule has 0 aromatic heterocycles. The van der Waals surface area contributed by atoms with Crippen molar-refractivity contribution in [3.63, 3.8) is 0 Å². The van der Waals surface area contributed by atoms with Gasteiger partial charge >= 0.3 is 5.97 Å². The molecule has 0 bridgehead atoms. The molecule has 0 amide bonds. The molecular weight excluding hydrogens is 185 g/mol. The van der Waals surface area contributed by atoms with E-state index < -0.39 is 24.1 Å². The Balaban J connectivity index is 2.55. The number of carboxylic acids is 1. The van der Waals surface area contributed by atoms with E-state index in [-0.39, 0.29) is 6.42 Å². The Kier molecular flexibility index (Phi) is 3.86. The SMILES string of the molecule is NC(CC1(CF)CCCCC1)C(=O)O. The first-order valence-corrected chi connectivity index (χ1v) is 5.14. The van der Waals surface area contributed by atoms with E-state index in [1.165, 1.54) is 0 Å². The van der Waals surface area contributed by atoms with Gasteiger partial charge in [-0.05, 0) is 19.3 Å². The van der Waals surface area contributed by atoms with Crippen molar-refractivity contribution in [2.75, 3.05) is 6.67 Å². The lowest BCUT2D eigenvalue weighted by molar-refractivity contribution is -0.139. The van der Waals surface area contributed by atoms with Crippen molar-refractivity contribution in [3.05, 3.63) is 0 Å². The molecule has 0 radical (unpaired) electrons. The normalized spacial score (nSPS) is 23.0. The summed E-state index contributed by atoms with van der Waals surface area (Å²) in [6.45, 7) is -0.437. The molecule has 0 saturated heterocycles. The molecular formula is C10H18FNO2. The van der Waals surface area contributed by atoms with Crippen molar-refractivity contribution in [2.45, 2.75) is 44.6 Å². The van der Waals surface area contributed by atoms with Crippen molar-refractivity contribution >= 4 is 5.97 Å². The predicted octanol–water partition coefficient (Wildman–Crippen LogP) is 1.71. The van der Waals surface area contributed by atoms with Crippen LogP contribution >= 0.6 is 0 Å². The minimum absolute atomic E-state index is 0.277. The zero-order valence-corrected chi connectivity index (χ0v) is 8.34. The van der Waals surface area contributed by atoms with Crippen LogP contribution in [0.5, 0.6) is 0 Å². The molecule has 1 atom stereocenters. The quantitative estimate of drug-likeness (QED) is 0.731. The van der Waals surface area contributed by atoms with Gasteiger partial charge in [-0.25, -0.2) is 0 Å². The maximum atomic E-state index is 12.9. The zero-order chi connectivity index (χ0) is 10.6. The summed E-state index contributed by atoms with van der Waals surface area (Å²) in [5, 5.41) is 8.68. The summed E-state index contributed by atoms with van der Waals surface area (Å²) in [6, 6.07) is -0.913. The van der Waals surface area contributed by atoms with Crippen molar-refractivity contribution in [2.24, 2.45) is 11.1 Å². The largest absolute Gasteiger partial charge is 0.480 e. The van der Waals surface area contributed by atoms with Crippen LogP contribution in [0, 0.1) is 5.41 Å². The van der Waals surface area contributed by atoms with Gasteiger partial charge < -0.3 is 10.8 Å². The van der Waals surface area contributed by atoms with Gasteiger partial charge in [0.05, 0.1) is 6.67 Å². The first-order valence-electron chi connectivity index (χ1n) is 5.14. The van der Waals surface area contributed by atoms with E-state index in [1.54, 1.807) is 0 Å². The van der Waals surface area contributed by atoms with E-state index in [0.717, 1.165) is 32.1 Å². The first-order chi connectivity index (χ1) is 6.59. The van der Waals surface area contributed by atoms with E-state index in [9.17, 15) is 9.18 Å². The third kappa shape index (κ3) is 2.67. The number of aliphatic carboxylic acids is 1. The second kappa shape index (κ2) is 4.73. The third-order valence-electron chi connectivity index (χ3n) is 3.17. The highest BCUT2D eigenvalue weighted by molar-refractivity contribution is 5.73. The van der Waals surface area contributed by atoms with Gasteiger partial charge in [-0.2, -0.15) is 0 Å². The summed E-state index contributed by atoms with van der Waals surface area (Å²) in [5.41, 5.74) is 4.99. The highest BCUT2D eigenvalue weighted by Gasteiger charge is 2.35. The fourth-order valence-corrected chi connectivity index (χ4v) is 2.25. The summed E-state index contributed by atoms with van der Waals surface area (Å²) in [4.78, 5) is 10.6. The van der Waals surface area contributed by atoms with Gasteiger partial charge in [0.2, 0.25) is 0 Å². The van der Waals surface area contributed by atoms with Crippen LogP contribution in [0.1, 0.15) is 38.5 Å². The molecule has 1 rings (SSSR count). The Morgan fingerprint density at radius 2 is 2.00 bits per heavy atom. The molecule has 3 N–H and O–H groups in total. The molecule has 1 fully saturated rings. The first kappa shape index (κ1) is 11.4. The monoisotopic (exact) mass is 203 g/mol. The van der Waals surface area contributed by atoms with E-state index in [0.29, 0.717) is 0 Å². The number of rotatable bonds is 4. The van der Waals surface area contributed by atoms with Crippen LogP contribution in [0.4, 0.5) is 4.39 Å². The van der Waals surface area contributed by atoms with Crippen LogP contribution in [-0.2, 0) is 4.79 Å². The topological polar surface area (TPSA) is 63.3 Å². The Labute approximate surface area is 83.5 Å². The molecule has 14 heavy (non-hydrogen) atoms. The summed E-state index contributed by atoms with van der Waals surface area (Å²) >= 11 is 0. The average Bonchev–Trinajstić information content (AvgIpc) is 2.19. The molecule has 82 valence electrons. The fourth-order valence-electron chi connectivity index (χ4n) is 2.25. The van der Waals surface area contributed by atoms with Gasteiger partial charge in [-0.3, -0.25) is 9.18 Å². The number of alkyl halides is 1. The molecule has 0 aromatic rings. The predicted molar refractivity (Wildman–Crippen MR) is 51.7 cm³/mol. The molecule has 0 aromatic carbocycles. The van der Waals surface area contributed by atoms with E-state index in [2.05, 4.69) is 0 Å². The van der Waals surface area contributed by atoms with Crippen LogP contribution in [0.15, 0.2) is 0 Å². The molecule has 0 aliphatic heterocycles. The maximum absolute atomic E-state index is 12.9. The van der Waals surface area contributed by atoms with Crippen LogP contribution in [-0.4, -0.2) is 23.8 Å². The zero-order valence-electron chi connectivity index (χ0n) is 8.34. The van der Waals surface area contributed by atoms with Gasteiger partial charge in [0.1, 0.15) is 6.04 Å². The Morgan fingerprint density at radius 3 is 2.43 bits per heavy atom. The molecule has 1 unspecified atom stereocenters. The molecule has 1 aliphatic rings. The Morgan fingerprint density at radius 1 is 1.43 bits per heavy atom. The summed E-state index contributed by atoms with van der Waals surface area (Å²) < 4.78 is 12.9. The van der Waals surface area contributed by atoms with Crippen molar-refractivity contribution < 1.29 is 14.3 Å². The highest BCUT2D eigenvalue weighted by atomic mass is 19.1. The van der Waals surface area contributed by atoms with Crippen molar-refractivity contribution in [1.29, 1.82) is 0 Å². The fraction of sp³-hybridized carbons (Fsp3) is 0.900. The third-order valence-corrected chi connectivity index (χ3v) is 3.17. The molecule has 0 spiro atoms. The number of carboxylic acid groups (broad SMARTS) is 1. The van der Waals surface area contributed by atoms with Crippen LogP contribution in [0.25, 0.3) is 0 Å². The molecule has 3 nitrogen and oxygen atoms in total. The number of hydrogen-bond acceptors (Lipinski definition) is 2. The molecule has 0 heterocycles. The van der Waals surface area contributed by atoms with Gasteiger partial charge in [0, 0.05) is 5.41 Å². The van der Waals surface area contributed by atoms with Gasteiger partial charge in [0.15, 0.2) is 0 Å². The van der Waals surface area contributed by atoms with Gasteiger partial charge in [-0.1, -0.05) is 19.3 Å². The minimum Gasteiger partial charge on any atom is -0.480 e. The number of halogens is 1. The minimum atomic E-state index is -1.02. The Bertz CT molecular complexity index is 202. The highest BCUT2D eigenvalue weighted by Crippen LogP contribution is 2.40. The van der Waals surface area contributed by atoms with E-state index >= 15 is 0 Å². The van der Waals surface area contributed by atoms with Gasteiger partial charge in [-0.15, -0.1) is 0 Å². The summed E-state index contributed by atoms with van der Waals surface area (Å²) in [6.07, 6.45) is 4.96. The number of carbonyl (C=O) groups is 1. The molecule has 1 aliphatic carbocycles. The lowest BCUT2D eigenvalue weighted by Gasteiger charge is -2.35. The Hall–Kier alpha value is -0.640. The lowest BCUT2D eigenvalue weighted by atomic mass is 9.71. The van der Waals surface area contributed by atoms with Crippen LogP contribution in [0.3, 0.4) is 0 Å². The van der Waals surface area contributed by atoms with Crippen molar-refractivity contribution in [1.82, 2.24) is 0 Å². The lowest BCUT2D eigenvalue weighted by Crippen LogP contribution is -2.39. The van der Waals surface area contributed by atoms with Gasteiger partial charge in [0.25, 0.3) is 0 Å². The van der Waals surface area contributed by atoms with E-state index in [1.807, 2.05) is 0 Å². The smallest absolute Gasteiger partial charge is 0.320 e. The number of nitrogens with two attached hydrogens (primary N) is 1. The summed E-state index contributed by atoms with van der Waals surface area (Å²) in [5.74, 6) is -1.02. The summed E-state index contributed by atoms with van der Waals surface area (Å²) in [7, 11) is 0. The number of hydrogen-bond donors (Lipinski definition) is 2. The van der Waals surface area contributed by atoms with E-state index in [4.69, 9.17) is 10.8 Å². The second-order valence-electron chi connectivity index (χ2n) is 4.34. The maximum Gasteiger partial charge on any atom is 0.320 e. The average molecular weight is 203 g/mol. The van der Waals surface area contributed by atoms with Crippen LogP contribution < -0.4 is 5.73 Å². The van der Waals surface area contributed by atoms with Crippen molar-refractivity contribution in [3.8, 4) is 0 Å². The molecule has 4 heteroatoms.